The molecule has 1 heterocycles. The van der Waals surface area contributed by atoms with Crippen LogP contribution in [0.15, 0.2) is 41.0 Å². The molecule has 21 heavy (non-hydrogen) atoms. The number of rotatable bonds is 5. The third-order valence-electron chi connectivity index (χ3n) is 4.75. The zero-order valence-electron chi connectivity index (χ0n) is 12.4. The van der Waals surface area contributed by atoms with Crippen LogP contribution in [0.4, 0.5) is 0 Å². The lowest BCUT2D eigenvalue weighted by Crippen LogP contribution is -2.45. The molecule has 1 aliphatic rings. The fourth-order valence-corrected chi connectivity index (χ4v) is 3.98. The van der Waals surface area contributed by atoms with Gasteiger partial charge in [0.2, 0.25) is 0 Å². The van der Waals surface area contributed by atoms with E-state index in [-0.39, 0.29) is 11.5 Å². The van der Waals surface area contributed by atoms with E-state index in [9.17, 15) is 0 Å². The average molecular weight is 348 g/mol. The van der Waals surface area contributed by atoms with Crippen LogP contribution >= 0.6 is 15.9 Å². The molecule has 0 amide bonds. The zero-order chi connectivity index (χ0) is 14.9. The molecule has 0 bridgehead atoms. The summed E-state index contributed by atoms with van der Waals surface area (Å²) in [6, 6.07) is 10.7. The smallest absolute Gasteiger partial charge is 0.0702 e. The van der Waals surface area contributed by atoms with Gasteiger partial charge < -0.3 is 5.73 Å². The van der Waals surface area contributed by atoms with E-state index in [1.165, 1.54) is 12.0 Å². The van der Waals surface area contributed by atoms with E-state index in [1.54, 1.807) is 0 Å². The quantitative estimate of drug-likeness (QED) is 0.881. The molecular formula is C17H22BrN3. The Labute approximate surface area is 134 Å². The van der Waals surface area contributed by atoms with Crippen molar-refractivity contribution in [1.82, 2.24) is 9.78 Å². The van der Waals surface area contributed by atoms with Gasteiger partial charge in [-0.1, -0.05) is 43.7 Å². The van der Waals surface area contributed by atoms with Crippen molar-refractivity contribution in [3.63, 3.8) is 0 Å². The minimum Gasteiger partial charge on any atom is -0.322 e. The molecule has 2 aromatic rings. The van der Waals surface area contributed by atoms with Crippen LogP contribution in [-0.2, 0) is 12.0 Å². The third-order valence-corrected chi connectivity index (χ3v) is 5.36. The molecule has 3 rings (SSSR count). The Morgan fingerprint density at radius 2 is 2.05 bits per heavy atom. The SMILES string of the molecule is CCCn1ncc(Br)c1C(N)C1(c2ccccc2)CCC1. The number of hydrogen-bond acceptors (Lipinski definition) is 2. The summed E-state index contributed by atoms with van der Waals surface area (Å²) in [5, 5.41) is 4.48. The number of nitrogens with zero attached hydrogens (tertiary/aromatic N) is 2. The topological polar surface area (TPSA) is 43.8 Å². The second-order valence-corrected chi connectivity index (χ2v) is 6.81. The van der Waals surface area contributed by atoms with E-state index in [0.29, 0.717) is 0 Å². The Morgan fingerprint density at radius 1 is 1.33 bits per heavy atom. The summed E-state index contributed by atoms with van der Waals surface area (Å²) < 4.78 is 3.10. The van der Waals surface area contributed by atoms with Gasteiger partial charge in [0.25, 0.3) is 0 Å². The fraction of sp³-hybridized carbons (Fsp3) is 0.471. The molecule has 1 fully saturated rings. The zero-order valence-corrected chi connectivity index (χ0v) is 14.0. The first-order valence-corrected chi connectivity index (χ1v) is 8.50. The van der Waals surface area contributed by atoms with Crippen LogP contribution in [0.3, 0.4) is 0 Å². The van der Waals surface area contributed by atoms with Gasteiger partial charge in [0.05, 0.1) is 22.4 Å². The number of aromatic nitrogens is 2. The van der Waals surface area contributed by atoms with E-state index in [4.69, 9.17) is 5.73 Å². The molecule has 0 spiro atoms. The minimum atomic E-state index is -0.0166. The molecule has 2 N–H and O–H groups in total. The van der Waals surface area contributed by atoms with Crippen LogP contribution in [-0.4, -0.2) is 9.78 Å². The second kappa shape index (κ2) is 5.93. The second-order valence-electron chi connectivity index (χ2n) is 5.95. The molecule has 1 unspecified atom stereocenters. The highest BCUT2D eigenvalue weighted by atomic mass is 79.9. The highest BCUT2D eigenvalue weighted by Crippen LogP contribution is 2.51. The first-order chi connectivity index (χ1) is 10.2. The first-order valence-electron chi connectivity index (χ1n) is 7.71. The van der Waals surface area contributed by atoms with E-state index in [1.807, 2.05) is 6.20 Å². The summed E-state index contributed by atoms with van der Waals surface area (Å²) in [7, 11) is 0. The van der Waals surface area contributed by atoms with Crippen molar-refractivity contribution in [3.05, 3.63) is 52.3 Å². The van der Waals surface area contributed by atoms with Gasteiger partial charge in [-0.25, -0.2) is 0 Å². The number of nitrogens with two attached hydrogens (primary N) is 1. The lowest BCUT2D eigenvalue weighted by Gasteiger charge is -2.47. The van der Waals surface area contributed by atoms with Crippen LogP contribution in [0, 0.1) is 0 Å². The Morgan fingerprint density at radius 3 is 2.62 bits per heavy atom. The molecule has 1 saturated carbocycles. The van der Waals surface area contributed by atoms with Gasteiger partial charge >= 0.3 is 0 Å². The maximum absolute atomic E-state index is 6.75. The van der Waals surface area contributed by atoms with Gasteiger partial charge in [0, 0.05) is 12.0 Å². The predicted octanol–water partition coefficient (Wildman–Crippen LogP) is 4.18. The van der Waals surface area contributed by atoms with Crippen molar-refractivity contribution < 1.29 is 0 Å². The van der Waals surface area contributed by atoms with Crippen molar-refractivity contribution in [2.75, 3.05) is 0 Å². The van der Waals surface area contributed by atoms with Crippen LogP contribution < -0.4 is 5.73 Å². The lowest BCUT2D eigenvalue weighted by molar-refractivity contribution is 0.189. The van der Waals surface area contributed by atoms with E-state index in [2.05, 4.69) is 63.0 Å². The maximum atomic E-state index is 6.75. The number of hydrogen-bond donors (Lipinski definition) is 1. The van der Waals surface area contributed by atoms with Gasteiger partial charge in [-0.2, -0.15) is 5.10 Å². The number of halogens is 1. The highest BCUT2D eigenvalue weighted by Gasteiger charge is 2.46. The largest absolute Gasteiger partial charge is 0.322 e. The van der Waals surface area contributed by atoms with Crippen molar-refractivity contribution >= 4 is 15.9 Å². The summed E-state index contributed by atoms with van der Waals surface area (Å²) in [5.41, 5.74) is 9.32. The molecule has 1 aromatic carbocycles. The molecule has 0 aliphatic heterocycles. The molecule has 0 saturated heterocycles. The van der Waals surface area contributed by atoms with Crippen LogP contribution in [0.1, 0.15) is 49.9 Å². The Bertz CT molecular complexity index is 602. The highest BCUT2D eigenvalue weighted by molar-refractivity contribution is 9.10. The van der Waals surface area contributed by atoms with Crippen LogP contribution in [0.25, 0.3) is 0 Å². The third kappa shape index (κ3) is 2.44. The van der Waals surface area contributed by atoms with Gasteiger partial charge in [-0.3, -0.25) is 4.68 Å². The van der Waals surface area contributed by atoms with Crippen molar-refractivity contribution in [1.29, 1.82) is 0 Å². The van der Waals surface area contributed by atoms with E-state index in [0.717, 1.165) is 36.0 Å². The number of benzene rings is 1. The first kappa shape index (κ1) is 14.8. The summed E-state index contributed by atoms with van der Waals surface area (Å²) in [4.78, 5) is 0. The monoisotopic (exact) mass is 347 g/mol. The molecule has 0 radical (unpaired) electrons. The Balaban J connectivity index is 2.00. The lowest BCUT2D eigenvalue weighted by atomic mass is 9.59. The minimum absolute atomic E-state index is 0.0166. The van der Waals surface area contributed by atoms with Gasteiger partial charge in [-0.15, -0.1) is 0 Å². The van der Waals surface area contributed by atoms with Crippen molar-refractivity contribution in [2.24, 2.45) is 5.73 Å². The molecule has 4 heteroatoms. The average Bonchev–Trinajstić information content (AvgIpc) is 2.80. The van der Waals surface area contributed by atoms with Crippen molar-refractivity contribution in [2.45, 2.75) is 50.6 Å². The van der Waals surface area contributed by atoms with Crippen molar-refractivity contribution in [3.8, 4) is 0 Å². The van der Waals surface area contributed by atoms with Gasteiger partial charge in [0.1, 0.15) is 0 Å². The normalized spacial score (nSPS) is 18.2. The predicted molar refractivity (Wildman–Crippen MR) is 89.1 cm³/mol. The van der Waals surface area contributed by atoms with Gasteiger partial charge in [0.15, 0.2) is 0 Å². The Hall–Kier alpha value is -1.13. The summed E-state index contributed by atoms with van der Waals surface area (Å²) in [5.74, 6) is 0. The summed E-state index contributed by atoms with van der Waals surface area (Å²) in [6.45, 7) is 3.08. The summed E-state index contributed by atoms with van der Waals surface area (Å²) in [6.07, 6.45) is 6.50. The summed E-state index contributed by atoms with van der Waals surface area (Å²) >= 11 is 3.64. The molecule has 1 aliphatic carbocycles. The van der Waals surface area contributed by atoms with E-state index < -0.39 is 0 Å². The molecule has 1 aromatic heterocycles. The maximum Gasteiger partial charge on any atom is 0.0702 e. The molecule has 112 valence electrons. The van der Waals surface area contributed by atoms with E-state index >= 15 is 0 Å². The number of aryl methyl sites for hydroxylation is 1. The standard InChI is InChI=1S/C17H22BrN3/c1-2-11-21-15(14(18)12-20-21)16(19)17(9-6-10-17)13-7-4-3-5-8-13/h3-5,7-8,12,16H,2,6,9-11,19H2,1H3. The molecule has 3 nitrogen and oxygen atoms in total. The Kier molecular flexibility index (Phi) is 4.18. The van der Waals surface area contributed by atoms with Gasteiger partial charge in [-0.05, 0) is 40.8 Å². The molecule has 1 atom stereocenters. The van der Waals surface area contributed by atoms with Crippen LogP contribution in [0.2, 0.25) is 0 Å². The van der Waals surface area contributed by atoms with Crippen LogP contribution in [0.5, 0.6) is 0 Å². The fourth-order valence-electron chi connectivity index (χ4n) is 3.44. The molecular weight excluding hydrogens is 326 g/mol.